The molecule has 1 aliphatic heterocycles. The van der Waals surface area contributed by atoms with Crippen LogP contribution in [0.15, 0.2) is 12.1 Å². The maximum absolute atomic E-state index is 11.6. The second kappa shape index (κ2) is 3.99. The molecule has 2 aromatic rings. The number of nitrogen functional groups attached to an aromatic ring is 1. The van der Waals surface area contributed by atoms with Gasteiger partial charge in [0.1, 0.15) is 12.4 Å². The summed E-state index contributed by atoms with van der Waals surface area (Å²) in [5.74, 6) is 0.405. The van der Waals surface area contributed by atoms with Gasteiger partial charge in [0.2, 0.25) is 0 Å². The second-order valence-electron chi connectivity index (χ2n) is 4.12. The number of hydrogen-bond donors (Lipinski definition) is 1. The minimum Gasteiger partial charge on any atom is -0.465 e. The molecule has 3 rings (SSSR count). The average molecular weight is 247 g/mol. The largest absolute Gasteiger partial charge is 0.465 e. The van der Waals surface area contributed by atoms with Crippen LogP contribution in [0.5, 0.6) is 0 Å². The molecule has 1 aromatic carbocycles. The number of methoxy groups -OCH3 is 1. The number of benzene rings is 1. The number of nitrogens with two attached hydrogens (primary N) is 1. The number of carbonyl (C=O) groups excluding carboxylic acids is 1. The van der Waals surface area contributed by atoms with Crippen LogP contribution in [0.3, 0.4) is 0 Å². The molecule has 0 saturated carbocycles. The van der Waals surface area contributed by atoms with E-state index >= 15 is 0 Å². The van der Waals surface area contributed by atoms with E-state index in [1.165, 1.54) is 7.11 Å². The molecule has 0 amide bonds. The molecule has 0 radical (unpaired) electrons. The number of aromatic nitrogens is 2. The lowest BCUT2D eigenvalue weighted by atomic mass is 10.1. The van der Waals surface area contributed by atoms with Crippen LogP contribution < -0.4 is 5.73 Å². The molecule has 6 nitrogen and oxygen atoms in total. The number of ether oxygens (including phenoxy) is 2. The highest BCUT2D eigenvalue weighted by Gasteiger charge is 2.20. The van der Waals surface area contributed by atoms with Gasteiger partial charge in [0.05, 0.1) is 36.0 Å². The molecule has 0 bridgehead atoms. The third-order valence-electron chi connectivity index (χ3n) is 3.12. The third kappa shape index (κ3) is 1.46. The van der Waals surface area contributed by atoms with E-state index in [0.717, 1.165) is 16.9 Å². The Kier molecular flexibility index (Phi) is 2.45. The lowest BCUT2D eigenvalue weighted by molar-refractivity contribution is 0.0602. The van der Waals surface area contributed by atoms with Crippen LogP contribution in [-0.4, -0.2) is 29.2 Å². The Labute approximate surface area is 103 Å². The zero-order valence-corrected chi connectivity index (χ0v) is 9.97. The number of nitrogens with zero attached hydrogens (tertiary/aromatic N) is 2. The molecule has 94 valence electrons. The first-order chi connectivity index (χ1) is 8.72. The van der Waals surface area contributed by atoms with E-state index in [4.69, 9.17) is 15.2 Å². The van der Waals surface area contributed by atoms with Gasteiger partial charge in [-0.15, -0.1) is 0 Å². The number of rotatable bonds is 1. The number of carbonyl (C=O) groups is 1. The van der Waals surface area contributed by atoms with E-state index in [-0.39, 0.29) is 0 Å². The molecule has 18 heavy (non-hydrogen) atoms. The van der Waals surface area contributed by atoms with Crippen LogP contribution in [0.4, 0.5) is 5.69 Å². The van der Waals surface area contributed by atoms with Crippen molar-refractivity contribution >= 4 is 22.7 Å². The molecular formula is C12H13N3O3. The summed E-state index contributed by atoms with van der Waals surface area (Å²) < 4.78 is 12.1. The van der Waals surface area contributed by atoms with Gasteiger partial charge >= 0.3 is 5.97 Å². The van der Waals surface area contributed by atoms with Gasteiger partial charge in [0.25, 0.3) is 0 Å². The first kappa shape index (κ1) is 11.0. The molecule has 0 spiro atoms. The Morgan fingerprint density at radius 2 is 2.39 bits per heavy atom. The van der Waals surface area contributed by atoms with E-state index < -0.39 is 5.97 Å². The van der Waals surface area contributed by atoms with Crippen molar-refractivity contribution in [1.29, 1.82) is 0 Å². The molecule has 2 N–H and O–H groups in total. The zero-order valence-electron chi connectivity index (χ0n) is 9.97. The van der Waals surface area contributed by atoms with E-state index in [9.17, 15) is 4.79 Å². The molecule has 0 aliphatic carbocycles. The second-order valence-corrected chi connectivity index (χ2v) is 4.12. The number of esters is 1. The molecule has 0 saturated heterocycles. The lowest BCUT2D eigenvalue weighted by Gasteiger charge is -2.16. The average Bonchev–Trinajstić information content (AvgIpc) is 2.77. The Balaban J connectivity index is 2.27. The Bertz CT molecular complexity index is 633. The quantitative estimate of drug-likeness (QED) is 0.599. The van der Waals surface area contributed by atoms with Crippen molar-refractivity contribution in [3.8, 4) is 0 Å². The highest BCUT2D eigenvalue weighted by molar-refractivity contribution is 6.03. The van der Waals surface area contributed by atoms with E-state index in [1.54, 1.807) is 12.1 Å². The summed E-state index contributed by atoms with van der Waals surface area (Å²) in [6.45, 7) is 1.79. The summed E-state index contributed by atoms with van der Waals surface area (Å²) in [5, 5.41) is 0. The number of fused-ring (bicyclic) bond motifs is 3. The Morgan fingerprint density at radius 1 is 1.56 bits per heavy atom. The minimum atomic E-state index is -0.433. The molecule has 0 unspecified atom stereocenters. The Morgan fingerprint density at radius 3 is 3.17 bits per heavy atom. The van der Waals surface area contributed by atoms with Crippen molar-refractivity contribution in [3.05, 3.63) is 23.5 Å². The summed E-state index contributed by atoms with van der Waals surface area (Å²) in [6, 6.07) is 3.42. The van der Waals surface area contributed by atoms with Gasteiger partial charge in [-0.25, -0.2) is 9.78 Å². The first-order valence-electron chi connectivity index (χ1n) is 5.66. The van der Waals surface area contributed by atoms with Gasteiger partial charge in [0, 0.05) is 6.54 Å². The van der Waals surface area contributed by atoms with Crippen LogP contribution in [0.25, 0.3) is 11.0 Å². The smallest absolute Gasteiger partial charge is 0.340 e. The molecule has 1 aliphatic rings. The summed E-state index contributed by atoms with van der Waals surface area (Å²) >= 11 is 0. The molecule has 0 fully saturated rings. The van der Waals surface area contributed by atoms with E-state index in [1.807, 2.05) is 4.57 Å². The van der Waals surface area contributed by atoms with Crippen LogP contribution in [0.1, 0.15) is 16.2 Å². The molecule has 6 heteroatoms. The highest BCUT2D eigenvalue weighted by Crippen LogP contribution is 2.28. The van der Waals surface area contributed by atoms with Gasteiger partial charge in [-0.3, -0.25) is 0 Å². The van der Waals surface area contributed by atoms with Gasteiger partial charge < -0.3 is 19.8 Å². The van der Waals surface area contributed by atoms with Crippen molar-refractivity contribution in [3.63, 3.8) is 0 Å². The molecular weight excluding hydrogens is 234 g/mol. The van der Waals surface area contributed by atoms with Crippen molar-refractivity contribution in [2.75, 3.05) is 19.5 Å². The normalized spacial score (nSPS) is 14.5. The predicted molar refractivity (Wildman–Crippen MR) is 65.1 cm³/mol. The maximum atomic E-state index is 11.6. The monoisotopic (exact) mass is 247 g/mol. The highest BCUT2D eigenvalue weighted by atomic mass is 16.5. The van der Waals surface area contributed by atoms with E-state index in [0.29, 0.717) is 31.0 Å². The maximum Gasteiger partial charge on any atom is 0.340 e. The van der Waals surface area contributed by atoms with Crippen molar-refractivity contribution < 1.29 is 14.3 Å². The first-order valence-corrected chi connectivity index (χ1v) is 5.66. The van der Waals surface area contributed by atoms with Crippen LogP contribution in [0, 0.1) is 0 Å². The molecule has 1 aromatic heterocycles. The fraction of sp³-hybridized carbons (Fsp3) is 0.333. The standard InChI is InChI=1S/C12H13N3O3/c1-17-12(16)7-2-3-8-11(10(7)13)15-4-5-18-6-9(15)14-8/h2-3H,4-6,13H2,1H3. The zero-order chi connectivity index (χ0) is 12.7. The van der Waals surface area contributed by atoms with Crippen molar-refractivity contribution in [1.82, 2.24) is 9.55 Å². The fourth-order valence-corrected chi connectivity index (χ4v) is 2.26. The molecule has 0 atom stereocenters. The Hall–Kier alpha value is -2.08. The van der Waals surface area contributed by atoms with E-state index in [2.05, 4.69) is 4.98 Å². The van der Waals surface area contributed by atoms with Crippen LogP contribution in [0.2, 0.25) is 0 Å². The SMILES string of the molecule is COC(=O)c1ccc2nc3n(c2c1N)CCOC3. The summed E-state index contributed by atoms with van der Waals surface area (Å²) in [5.41, 5.74) is 8.42. The van der Waals surface area contributed by atoms with Gasteiger partial charge in [-0.2, -0.15) is 0 Å². The number of anilines is 1. The van der Waals surface area contributed by atoms with Crippen LogP contribution >= 0.6 is 0 Å². The topological polar surface area (TPSA) is 79.4 Å². The van der Waals surface area contributed by atoms with Crippen molar-refractivity contribution in [2.24, 2.45) is 0 Å². The number of hydrogen-bond acceptors (Lipinski definition) is 5. The van der Waals surface area contributed by atoms with Gasteiger partial charge in [0.15, 0.2) is 0 Å². The molecule has 2 heterocycles. The summed E-state index contributed by atoms with van der Waals surface area (Å²) in [6.07, 6.45) is 0. The lowest BCUT2D eigenvalue weighted by Crippen LogP contribution is -2.17. The third-order valence-corrected chi connectivity index (χ3v) is 3.12. The number of imidazole rings is 1. The summed E-state index contributed by atoms with van der Waals surface area (Å²) in [7, 11) is 1.34. The van der Waals surface area contributed by atoms with Gasteiger partial charge in [-0.1, -0.05) is 0 Å². The minimum absolute atomic E-state index is 0.374. The predicted octanol–water partition coefficient (Wildman–Crippen LogP) is 0.935. The van der Waals surface area contributed by atoms with Gasteiger partial charge in [-0.05, 0) is 12.1 Å². The van der Waals surface area contributed by atoms with Crippen LogP contribution in [-0.2, 0) is 22.6 Å². The fourth-order valence-electron chi connectivity index (χ4n) is 2.26. The van der Waals surface area contributed by atoms with Crippen molar-refractivity contribution in [2.45, 2.75) is 13.2 Å². The summed E-state index contributed by atoms with van der Waals surface area (Å²) in [4.78, 5) is 16.1.